The minimum absolute atomic E-state index is 0.0604. The first-order valence-electron chi connectivity index (χ1n) is 5.75. The van der Waals surface area contributed by atoms with Gasteiger partial charge in [-0.2, -0.15) is 0 Å². The van der Waals surface area contributed by atoms with Crippen molar-refractivity contribution in [3.63, 3.8) is 0 Å². The molecule has 5 heteroatoms. The van der Waals surface area contributed by atoms with Crippen LogP contribution in [0.25, 0.3) is 10.9 Å². The van der Waals surface area contributed by atoms with Gasteiger partial charge in [0.05, 0.1) is 16.2 Å². The Balaban J connectivity index is 2.29. The van der Waals surface area contributed by atoms with Crippen molar-refractivity contribution in [1.29, 1.82) is 0 Å². The second-order valence-corrected chi connectivity index (χ2v) is 4.34. The van der Waals surface area contributed by atoms with Crippen LogP contribution in [0.1, 0.15) is 12.8 Å². The minimum Gasteiger partial charge on any atom is -0.330 e. The molecule has 0 spiro atoms. The third-order valence-electron chi connectivity index (χ3n) is 2.60. The van der Waals surface area contributed by atoms with Crippen LogP contribution >= 0.6 is 11.6 Å². The fourth-order valence-corrected chi connectivity index (χ4v) is 1.93. The maximum atomic E-state index is 11.7. The topological polar surface area (TPSA) is 68.0 Å². The lowest BCUT2D eigenvalue weighted by Gasteiger charge is -2.08. The maximum Gasteiger partial charge on any atom is 0.224 e. The van der Waals surface area contributed by atoms with Crippen LogP contribution in [0, 0.1) is 0 Å². The van der Waals surface area contributed by atoms with Crippen molar-refractivity contribution in [3.05, 3.63) is 35.5 Å². The third kappa shape index (κ3) is 2.78. The number of pyridine rings is 1. The monoisotopic (exact) mass is 263 g/mol. The number of nitrogens with zero attached hydrogens (tertiary/aromatic N) is 1. The van der Waals surface area contributed by atoms with Crippen molar-refractivity contribution in [2.24, 2.45) is 5.73 Å². The van der Waals surface area contributed by atoms with E-state index in [-0.39, 0.29) is 5.91 Å². The van der Waals surface area contributed by atoms with Gasteiger partial charge < -0.3 is 11.1 Å². The molecule has 94 valence electrons. The maximum absolute atomic E-state index is 11.7. The van der Waals surface area contributed by atoms with E-state index in [0.29, 0.717) is 35.6 Å². The molecule has 0 fully saturated rings. The Labute approximate surface area is 110 Å². The van der Waals surface area contributed by atoms with Gasteiger partial charge in [-0.05, 0) is 37.2 Å². The highest BCUT2D eigenvalue weighted by atomic mass is 35.5. The summed E-state index contributed by atoms with van der Waals surface area (Å²) in [5.74, 6) is -0.0604. The highest BCUT2D eigenvalue weighted by Gasteiger charge is 2.08. The van der Waals surface area contributed by atoms with Gasteiger partial charge in [0.1, 0.15) is 0 Å². The van der Waals surface area contributed by atoms with E-state index in [4.69, 9.17) is 17.3 Å². The molecule has 0 atom stereocenters. The number of aromatic nitrogens is 1. The number of nitrogens with two attached hydrogens (primary N) is 1. The van der Waals surface area contributed by atoms with Gasteiger partial charge in [0.25, 0.3) is 0 Å². The predicted octanol–water partition coefficient (Wildman–Crippen LogP) is 2.57. The Kier molecular flexibility index (Phi) is 4.12. The molecule has 0 bridgehead atoms. The van der Waals surface area contributed by atoms with Crippen molar-refractivity contribution >= 4 is 34.1 Å². The summed E-state index contributed by atoms with van der Waals surface area (Å²) in [7, 11) is 0. The van der Waals surface area contributed by atoms with E-state index >= 15 is 0 Å². The summed E-state index contributed by atoms with van der Waals surface area (Å²) in [6.07, 6.45) is 2.76. The summed E-state index contributed by atoms with van der Waals surface area (Å²) in [6.45, 7) is 0.507. The van der Waals surface area contributed by atoms with Crippen LogP contribution in [0.15, 0.2) is 30.5 Å². The molecule has 0 radical (unpaired) electrons. The zero-order valence-electron chi connectivity index (χ0n) is 9.82. The van der Waals surface area contributed by atoms with Crippen LogP contribution in [-0.4, -0.2) is 17.4 Å². The first-order valence-corrected chi connectivity index (χ1v) is 6.13. The van der Waals surface area contributed by atoms with Gasteiger partial charge in [0.2, 0.25) is 5.91 Å². The molecule has 0 unspecified atom stereocenters. The summed E-state index contributed by atoms with van der Waals surface area (Å²) < 4.78 is 0. The Morgan fingerprint density at radius 1 is 1.39 bits per heavy atom. The zero-order valence-corrected chi connectivity index (χ0v) is 10.6. The van der Waals surface area contributed by atoms with Crippen molar-refractivity contribution in [2.75, 3.05) is 11.9 Å². The lowest BCUT2D eigenvalue weighted by atomic mass is 10.2. The highest BCUT2D eigenvalue weighted by molar-refractivity contribution is 6.35. The summed E-state index contributed by atoms with van der Waals surface area (Å²) in [4.78, 5) is 15.9. The minimum atomic E-state index is -0.0604. The SMILES string of the molecule is NCCCC(=O)Nc1ccc(Cl)c2cccnc12. The van der Waals surface area contributed by atoms with Gasteiger partial charge in [-0.3, -0.25) is 9.78 Å². The van der Waals surface area contributed by atoms with E-state index in [1.807, 2.05) is 12.1 Å². The van der Waals surface area contributed by atoms with Crippen LogP contribution in [0.3, 0.4) is 0 Å². The van der Waals surface area contributed by atoms with E-state index in [1.54, 1.807) is 18.3 Å². The molecule has 0 saturated carbocycles. The molecule has 18 heavy (non-hydrogen) atoms. The van der Waals surface area contributed by atoms with Crippen LogP contribution in [-0.2, 0) is 4.79 Å². The lowest BCUT2D eigenvalue weighted by molar-refractivity contribution is -0.116. The van der Waals surface area contributed by atoms with E-state index in [1.165, 1.54) is 0 Å². The number of hydrogen-bond donors (Lipinski definition) is 2. The number of rotatable bonds is 4. The van der Waals surface area contributed by atoms with Gasteiger partial charge in [-0.1, -0.05) is 11.6 Å². The summed E-state index contributed by atoms with van der Waals surface area (Å²) in [5, 5.41) is 4.28. The molecule has 2 aromatic rings. The normalized spacial score (nSPS) is 10.6. The summed E-state index contributed by atoms with van der Waals surface area (Å²) in [5.41, 5.74) is 6.75. The van der Waals surface area contributed by atoms with Crippen molar-refractivity contribution < 1.29 is 4.79 Å². The van der Waals surface area contributed by atoms with Gasteiger partial charge in [-0.15, -0.1) is 0 Å². The number of benzene rings is 1. The Morgan fingerprint density at radius 3 is 3.00 bits per heavy atom. The summed E-state index contributed by atoms with van der Waals surface area (Å²) >= 11 is 6.08. The van der Waals surface area contributed by atoms with Gasteiger partial charge >= 0.3 is 0 Å². The van der Waals surface area contributed by atoms with Crippen molar-refractivity contribution in [1.82, 2.24) is 4.98 Å². The first kappa shape index (κ1) is 12.8. The van der Waals surface area contributed by atoms with E-state index in [2.05, 4.69) is 10.3 Å². The number of nitrogens with one attached hydrogen (secondary N) is 1. The van der Waals surface area contributed by atoms with E-state index in [0.717, 1.165) is 5.39 Å². The largest absolute Gasteiger partial charge is 0.330 e. The number of anilines is 1. The molecule has 1 aromatic carbocycles. The zero-order chi connectivity index (χ0) is 13.0. The molecule has 0 aliphatic carbocycles. The Bertz CT molecular complexity index is 571. The smallest absolute Gasteiger partial charge is 0.224 e. The third-order valence-corrected chi connectivity index (χ3v) is 2.93. The summed E-state index contributed by atoms with van der Waals surface area (Å²) in [6, 6.07) is 7.20. The van der Waals surface area contributed by atoms with Crippen LogP contribution in [0.4, 0.5) is 5.69 Å². The van der Waals surface area contributed by atoms with Crippen LogP contribution in [0.5, 0.6) is 0 Å². The highest BCUT2D eigenvalue weighted by Crippen LogP contribution is 2.27. The molecular formula is C13H14ClN3O. The molecule has 0 aliphatic heterocycles. The fourth-order valence-electron chi connectivity index (χ4n) is 1.71. The second-order valence-electron chi connectivity index (χ2n) is 3.93. The molecule has 0 saturated heterocycles. The molecule has 1 heterocycles. The molecular weight excluding hydrogens is 250 g/mol. The molecule has 4 nitrogen and oxygen atoms in total. The van der Waals surface area contributed by atoms with Gasteiger partial charge in [-0.25, -0.2) is 0 Å². The number of hydrogen-bond acceptors (Lipinski definition) is 3. The van der Waals surface area contributed by atoms with E-state index in [9.17, 15) is 4.79 Å². The predicted molar refractivity (Wildman–Crippen MR) is 73.7 cm³/mol. The Morgan fingerprint density at radius 2 is 2.22 bits per heavy atom. The van der Waals surface area contributed by atoms with Crippen LogP contribution in [0.2, 0.25) is 5.02 Å². The Hall–Kier alpha value is -1.65. The number of carbonyl (C=O) groups excluding carboxylic acids is 1. The quantitative estimate of drug-likeness (QED) is 0.891. The van der Waals surface area contributed by atoms with E-state index < -0.39 is 0 Å². The number of carbonyl (C=O) groups is 1. The number of amides is 1. The molecule has 2 rings (SSSR count). The molecule has 0 aliphatic rings. The number of halogens is 1. The molecule has 1 aromatic heterocycles. The first-order chi connectivity index (χ1) is 8.72. The lowest BCUT2D eigenvalue weighted by Crippen LogP contribution is -2.13. The molecule has 1 amide bonds. The fraction of sp³-hybridized carbons (Fsp3) is 0.231. The van der Waals surface area contributed by atoms with Crippen molar-refractivity contribution in [2.45, 2.75) is 12.8 Å². The van der Waals surface area contributed by atoms with Gasteiger partial charge in [0, 0.05) is 18.0 Å². The molecule has 3 N–H and O–H groups in total. The number of fused-ring (bicyclic) bond motifs is 1. The standard InChI is InChI=1S/C13H14ClN3O/c14-10-5-6-11(17-12(18)4-1-7-15)13-9(10)3-2-8-16-13/h2-3,5-6,8H,1,4,7,15H2,(H,17,18). The van der Waals surface area contributed by atoms with Crippen LogP contribution < -0.4 is 11.1 Å². The average molecular weight is 264 g/mol. The van der Waals surface area contributed by atoms with Crippen molar-refractivity contribution in [3.8, 4) is 0 Å². The van der Waals surface area contributed by atoms with Gasteiger partial charge in [0.15, 0.2) is 0 Å². The second kappa shape index (κ2) is 5.80. The average Bonchev–Trinajstić information content (AvgIpc) is 2.40.